The zero-order valence-corrected chi connectivity index (χ0v) is 21.8. The standard InChI is InChI=1S/C20H27ClN4O9P2/c1-12(13-6-4-3-5-7-13)23-15-8-17(21)24-19-14(15)9-22-25(19)20(27)18(26)16(33-2)10-34-36(31,32)11-35(28,29)30/h3-9,12,16,18,20,26-27H,10-11H2,1-2H3,(H,23,24)(H,31,32)(H2,28,29,30)/t12-,16+,18+,20+/m0/s1. The third kappa shape index (κ3) is 7.33. The van der Waals surface area contributed by atoms with Gasteiger partial charge in [0.2, 0.25) is 0 Å². The van der Waals surface area contributed by atoms with Crippen molar-refractivity contribution in [3.05, 3.63) is 53.3 Å². The molecule has 16 heteroatoms. The van der Waals surface area contributed by atoms with Crippen LogP contribution in [0.2, 0.25) is 5.15 Å². The lowest BCUT2D eigenvalue weighted by atomic mass is 10.1. The van der Waals surface area contributed by atoms with Crippen LogP contribution in [0.25, 0.3) is 11.0 Å². The molecular formula is C20H27ClN4O9P2. The Balaban J connectivity index is 1.81. The van der Waals surface area contributed by atoms with Crippen molar-refractivity contribution in [1.29, 1.82) is 0 Å². The number of methoxy groups -OCH3 is 1. The zero-order valence-electron chi connectivity index (χ0n) is 19.2. The molecule has 6 N–H and O–H groups in total. The highest BCUT2D eigenvalue weighted by Gasteiger charge is 2.35. The molecule has 0 radical (unpaired) electrons. The largest absolute Gasteiger partial charge is 0.386 e. The maximum absolute atomic E-state index is 11.9. The third-order valence-electron chi connectivity index (χ3n) is 5.25. The van der Waals surface area contributed by atoms with Crippen LogP contribution in [-0.2, 0) is 18.4 Å². The Morgan fingerprint density at radius 3 is 2.44 bits per heavy atom. The number of nitrogens with zero attached hydrogens (tertiary/aromatic N) is 3. The average molecular weight is 565 g/mol. The number of ether oxygens (including phenoxy) is 1. The summed E-state index contributed by atoms with van der Waals surface area (Å²) in [7, 11) is -8.38. The van der Waals surface area contributed by atoms with E-state index < -0.39 is 46.1 Å². The first-order chi connectivity index (χ1) is 16.8. The van der Waals surface area contributed by atoms with Crippen molar-refractivity contribution in [3.63, 3.8) is 0 Å². The molecule has 0 fully saturated rings. The number of hydrogen-bond acceptors (Lipinski definition) is 9. The molecule has 3 aromatic rings. The predicted molar refractivity (Wildman–Crippen MR) is 132 cm³/mol. The van der Waals surface area contributed by atoms with Crippen LogP contribution in [0.1, 0.15) is 24.8 Å². The second-order valence-corrected chi connectivity index (χ2v) is 12.4. The number of benzene rings is 1. The molecule has 2 aromatic heterocycles. The quantitative estimate of drug-likeness (QED) is 0.139. The van der Waals surface area contributed by atoms with E-state index in [1.54, 1.807) is 6.07 Å². The second-order valence-electron chi connectivity index (χ2n) is 8.01. The molecule has 0 saturated heterocycles. The number of pyridine rings is 1. The molecule has 0 saturated carbocycles. The van der Waals surface area contributed by atoms with E-state index in [0.717, 1.165) is 17.4 Å². The SMILES string of the molecule is CO[C@H](COP(=O)(O)CP(=O)(O)O)[C@@H](O)[C@@H](O)n1ncc2c(N[C@@H](C)c3ccccc3)cc(Cl)nc21. The zero-order chi connectivity index (χ0) is 26.7. The number of aromatic nitrogens is 3. The van der Waals surface area contributed by atoms with E-state index >= 15 is 0 Å². The highest BCUT2D eigenvalue weighted by atomic mass is 35.5. The number of rotatable bonds is 12. The van der Waals surface area contributed by atoms with Gasteiger partial charge in [0.1, 0.15) is 17.4 Å². The number of nitrogens with one attached hydrogen (secondary N) is 1. The van der Waals surface area contributed by atoms with Crippen molar-refractivity contribution >= 4 is 43.5 Å². The van der Waals surface area contributed by atoms with Gasteiger partial charge in [-0.2, -0.15) is 5.10 Å². The summed E-state index contributed by atoms with van der Waals surface area (Å²) in [4.78, 5) is 31.7. The summed E-state index contributed by atoms with van der Waals surface area (Å²) in [5.41, 5.74) is 1.74. The molecule has 1 unspecified atom stereocenters. The Hall–Kier alpha value is -1.89. The first-order valence-electron chi connectivity index (χ1n) is 10.6. The van der Waals surface area contributed by atoms with Crippen LogP contribution in [0.5, 0.6) is 0 Å². The predicted octanol–water partition coefficient (Wildman–Crippen LogP) is 2.46. The van der Waals surface area contributed by atoms with Crippen LogP contribution in [0.3, 0.4) is 0 Å². The Kier molecular flexibility index (Phi) is 9.29. The van der Waals surface area contributed by atoms with Crippen LogP contribution < -0.4 is 5.32 Å². The van der Waals surface area contributed by atoms with Crippen LogP contribution in [0.15, 0.2) is 42.6 Å². The minimum Gasteiger partial charge on any atom is -0.386 e. The molecule has 3 rings (SSSR count). The summed E-state index contributed by atoms with van der Waals surface area (Å²) in [5, 5.41) is 29.5. The highest BCUT2D eigenvalue weighted by molar-refractivity contribution is 7.70. The molecule has 36 heavy (non-hydrogen) atoms. The van der Waals surface area contributed by atoms with E-state index in [4.69, 9.17) is 30.6 Å². The molecule has 0 aliphatic rings. The minimum atomic E-state index is -4.84. The van der Waals surface area contributed by atoms with Gasteiger partial charge in [0.05, 0.1) is 23.9 Å². The fraction of sp³-hybridized carbons (Fsp3) is 0.400. The van der Waals surface area contributed by atoms with Crippen molar-refractivity contribution < 1.29 is 43.3 Å². The Morgan fingerprint density at radius 2 is 1.83 bits per heavy atom. The van der Waals surface area contributed by atoms with Gasteiger partial charge in [-0.25, -0.2) is 9.67 Å². The molecule has 2 heterocycles. The van der Waals surface area contributed by atoms with Gasteiger partial charge in [0, 0.05) is 13.2 Å². The van der Waals surface area contributed by atoms with Gasteiger partial charge in [0.15, 0.2) is 17.8 Å². The molecular weight excluding hydrogens is 538 g/mol. The average Bonchev–Trinajstić information content (AvgIpc) is 3.21. The monoisotopic (exact) mass is 564 g/mol. The molecule has 0 aliphatic carbocycles. The fourth-order valence-electron chi connectivity index (χ4n) is 3.47. The summed E-state index contributed by atoms with van der Waals surface area (Å²) in [6, 6.07) is 11.1. The van der Waals surface area contributed by atoms with Gasteiger partial charge in [-0.15, -0.1) is 0 Å². The van der Waals surface area contributed by atoms with Gasteiger partial charge < -0.3 is 39.5 Å². The van der Waals surface area contributed by atoms with Crippen LogP contribution in [0.4, 0.5) is 5.69 Å². The van der Waals surface area contributed by atoms with Crippen LogP contribution in [-0.4, -0.2) is 71.5 Å². The summed E-state index contributed by atoms with van der Waals surface area (Å²) in [6.45, 7) is 1.20. The number of hydrogen-bond donors (Lipinski definition) is 6. The number of halogens is 1. The molecule has 0 spiro atoms. The van der Waals surface area contributed by atoms with Gasteiger partial charge in [-0.3, -0.25) is 9.13 Å². The Labute approximate surface area is 211 Å². The minimum absolute atomic E-state index is 0.0963. The first kappa shape index (κ1) is 28.7. The van der Waals surface area contributed by atoms with E-state index in [2.05, 4.69) is 15.4 Å². The van der Waals surface area contributed by atoms with Crippen molar-refractivity contribution in [1.82, 2.24) is 14.8 Å². The Morgan fingerprint density at radius 1 is 1.17 bits per heavy atom. The van der Waals surface area contributed by atoms with Gasteiger partial charge in [-0.05, 0) is 18.6 Å². The number of fused-ring (bicyclic) bond motifs is 1. The fourth-order valence-corrected chi connectivity index (χ4v) is 6.22. The molecule has 0 amide bonds. The molecule has 198 valence electrons. The van der Waals surface area contributed by atoms with E-state index in [9.17, 15) is 24.2 Å². The summed E-state index contributed by atoms with van der Waals surface area (Å²) < 4.78 is 33.7. The maximum atomic E-state index is 11.9. The maximum Gasteiger partial charge on any atom is 0.340 e. The number of aliphatic hydroxyl groups excluding tert-OH is 2. The van der Waals surface area contributed by atoms with E-state index in [1.165, 1.54) is 6.20 Å². The van der Waals surface area contributed by atoms with Crippen molar-refractivity contribution in [3.8, 4) is 0 Å². The van der Waals surface area contributed by atoms with E-state index in [1.807, 2.05) is 37.3 Å². The van der Waals surface area contributed by atoms with Gasteiger partial charge >= 0.3 is 15.2 Å². The lowest BCUT2D eigenvalue weighted by Gasteiger charge is -2.26. The van der Waals surface area contributed by atoms with Crippen molar-refractivity contribution in [2.75, 3.05) is 24.9 Å². The molecule has 0 bridgehead atoms. The molecule has 13 nitrogen and oxygen atoms in total. The summed E-state index contributed by atoms with van der Waals surface area (Å²) in [5.74, 6) is -1.40. The van der Waals surface area contributed by atoms with Crippen LogP contribution in [0, 0.1) is 0 Å². The van der Waals surface area contributed by atoms with Gasteiger partial charge in [0.25, 0.3) is 0 Å². The molecule has 5 atom stereocenters. The van der Waals surface area contributed by atoms with Crippen molar-refractivity contribution in [2.45, 2.75) is 31.4 Å². The molecule has 0 aliphatic heterocycles. The van der Waals surface area contributed by atoms with Gasteiger partial charge in [-0.1, -0.05) is 41.9 Å². The van der Waals surface area contributed by atoms with Crippen molar-refractivity contribution in [2.24, 2.45) is 0 Å². The normalized spacial score (nSPS) is 17.3. The second kappa shape index (κ2) is 11.7. The summed E-state index contributed by atoms with van der Waals surface area (Å²) in [6.07, 6.45) is -3.43. The third-order valence-corrected chi connectivity index (χ3v) is 8.90. The lowest BCUT2D eigenvalue weighted by Crippen LogP contribution is -2.39. The first-order valence-corrected chi connectivity index (χ1v) is 14.5. The number of anilines is 1. The topological polar surface area (TPSA) is 196 Å². The van der Waals surface area contributed by atoms with E-state index in [0.29, 0.717) is 11.1 Å². The summed E-state index contributed by atoms with van der Waals surface area (Å²) >= 11 is 6.21. The van der Waals surface area contributed by atoms with E-state index in [-0.39, 0.29) is 16.8 Å². The highest BCUT2D eigenvalue weighted by Crippen LogP contribution is 2.55. The number of aliphatic hydroxyl groups is 2. The smallest absolute Gasteiger partial charge is 0.340 e. The Bertz CT molecular complexity index is 1270. The van der Waals surface area contributed by atoms with Crippen LogP contribution >= 0.6 is 26.8 Å². The lowest BCUT2D eigenvalue weighted by molar-refractivity contribution is -0.117. The molecule has 1 aromatic carbocycles.